The number of nitrogens with one attached hydrogen (secondary N) is 1. The number of carbonyl (C=O) groups excluding carboxylic acids is 1. The zero-order valence-electron chi connectivity index (χ0n) is 12.8. The van der Waals surface area contributed by atoms with Gasteiger partial charge < -0.3 is 15.6 Å². The van der Waals surface area contributed by atoms with Gasteiger partial charge in [-0.05, 0) is 39.8 Å². The quantitative estimate of drug-likeness (QED) is 0.904. The molecule has 2 rings (SSSR count). The van der Waals surface area contributed by atoms with Crippen LogP contribution in [-0.4, -0.2) is 26.0 Å². The topological polar surface area (TPSA) is 85.8 Å². The summed E-state index contributed by atoms with van der Waals surface area (Å²) in [5.74, 6) is 0.385. The Balaban J connectivity index is 2.30. The van der Waals surface area contributed by atoms with Crippen LogP contribution in [0.1, 0.15) is 33.7 Å². The van der Waals surface area contributed by atoms with E-state index in [0.29, 0.717) is 5.82 Å². The van der Waals surface area contributed by atoms with Gasteiger partial charge in [-0.25, -0.2) is 9.97 Å². The molecule has 0 fully saturated rings. The second kappa shape index (κ2) is 5.55. The van der Waals surface area contributed by atoms with E-state index in [1.165, 1.54) is 0 Å². The van der Waals surface area contributed by atoms with E-state index in [2.05, 4.69) is 15.3 Å². The van der Waals surface area contributed by atoms with Gasteiger partial charge in [0.25, 0.3) is 0 Å². The summed E-state index contributed by atoms with van der Waals surface area (Å²) >= 11 is 0. The van der Waals surface area contributed by atoms with Gasteiger partial charge in [-0.2, -0.15) is 0 Å². The molecule has 0 aliphatic carbocycles. The first-order chi connectivity index (χ1) is 9.78. The maximum atomic E-state index is 12.3. The molecule has 3 N–H and O–H groups in total. The number of anilines is 1. The molecule has 1 atom stereocenters. The smallest absolute Gasteiger partial charge is 0.243 e. The van der Waals surface area contributed by atoms with Gasteiger partial charge in [0.1, 0.15) is 11.9 Å². The van der Waals surface area contributed by atoms with Crippen LogP contribution < -0.4 is 11.1 Å². The molecule has 0 bridgehead atoms. The summed E-state index contributed by atoms with van der Waals surface area (Å²) in [7, 11) is 0. The van der Waals surface area contributed by atoms with Crippen molar-refractivity contribution in [3.05, 3.63) is 30.9 Å². The maximum absolute atomic E-state index is 12.3. The van der Waals surface area contributed by atoms with E-state index >= 15 is 0 Å². The number of hydrogen-bond acceptors (Lipinski definition) is 4. The molecule has 2 aromatic rings. The second-order valence-corrected chi connectivity index (χ2v) is 6.07. The van der Waals surface area contributed by atoms with Crippen LogP contribution >= 0.6 is 0 Å². The number of imidazole rings is 1. The largest absolute Gasteiger partial charge is 0.384 e. The number of pyridine rings is 1. The lowest BCUT2D eigenvalue weighted by molar-refractivity contribution is -0.125. The Kier molecular flexibility index (Phi) is 3.97. The van der Waals surface area contributed by atoms with Crippen LogP contribution in [0.5, 0.6) is 0 Å². The number of amides is 1. The highest BCUT2D eigenvalue weighted by Gasteiger charge is 2.22. The van der Waals surface area contributed by atoms with Gasteiger partial charge in [-0.1, -0.05) is 0 Å². The molecule has 0 saturated heterocycles. The second-order valence-electron chi connectivity index (χ2n) is 6.07. The Bertz CT molecular complexity index is 642. The van der Waals surface area contributed by atoms with Crippen LogP contribution in [0.4, 0.5) is 5.82 Å². The molecule has 0 radical (unpaired) electrons. The van der Waals surface area contributed by atoms with Crippen LogP contribution in [0.3, 0.4) is 0 Å². The van der Waals surface area contributed by atoms with Gasteiger partial charge >= 0.3 is 0 Å². The average Bonchev–Trinajstić information content (AvgIpc) is 2.84. The van der Waals surface area contributed by atoms with Gasteiger partial charge in [0.2, 0.25) is 5.91 Å². The average molecular weight is 287 g/mol. The number of carbonyl (C=O) groups is 1. The molecule has 2 aromatic heterocycles. The number of nitrogens with zero attached hydrogens (tertiary/aromatic N) is 3. The normalized spacial score (nSPS) is 13.0. The summed E-state index contributed by atoms with van der Waals surface area (Å²) in [6.45, 7) is 7.71. The molecular formula is C15H21N5O. The molecule has 6 heteroatoms. The van der Waals surface area contributed by atoms with E-state index < -0.39 is 0 Å². The Labute approximate surface area is 124 Å². The minimum atomic E-state index is -0.365. The van der Waals surface area contributed by atoms with E-state index in [9.17, 15) is 4.79 Å². The SMILES string of the molecule is CC(C(=O)NC(C)(C)C)n1cncc1-c1ccnc(N)c1. The van der Waals surface area contributed by atoms with E-state index in [4.69, 9.17) is 5.73 Å². The number of nitrogen functional groups attached to an aromatic ring is 1. The van der Waals surface area contributed by atoms with Gasteiger partial charge in [0.05, 0.1) is 18.2 Å². The van der Waals surface area contributed by atoms with Crippen LogP contribution in [-0.2, 0) is 4.79 Å². The molecule has 21 heavy (non-hydrogen) atoms. The van der Waals surface area contributed by atoms with E-state index in [0.717, 1.165) is 11.3 Å². The molecule has 2 heterocycles. The van der Waals surface area contributed by atoms with Gasteiger partial charge in [0, 0.05) is 17.3 Å². The lowest BCUT2D eigenvalue weighted by Gasteiger charge is -2.24. The lowest BCUT2D eigenvalue weighted by atomic mass is 10.1. The van der Waals surface area contributed by atoms with Crippen molar-refractivity contribution in [3.8, 4) is 11.3 Å². The summed E-state index contributed by atoms with van der Waals surface area (Å²) in [6.07, 6.45) is 5.01. The first kappa shape index (κ1) is 15.0. The van der Waals surface area contributed by atoms with Crippen molar-refractivity contribution < 1.29 is 4.79 Å². The molecule has 0 aliphatic rings. The number of nitrogens with two attached hydrogens (primary N) is 1. The number of aromatic nitrogens is 3. The molecule has 0 saturated carbocycles. The van der Waals surface area contributed by atoms with Gasteiger partial charge in [0.15, 0.2) is 0 Å². The highest BCUT2D eigenvalue weighted by molar-refractivity contribution is 5.81. The van der Waals surface area contributed by atoms with Crippen LogP contribution in [0.25, 0.3) is 11.3 Å². The molecule has 0 aromatic carbocycles. The zero-order chi connectivity index (χ0) is 15.6. The summed E-state index contributed by atoms with van der Waals surface area (Å²) in [4.78, 5) is 20.4. The van der Waals surface area contributed by atoms with Gasteiger partial charge in [-0.15, -0.1) is 0 Å². The molecule has 6 nitrogen and oxygen atoms in total. The van der Waals surface area contributed by atoms with E-state index in [1.807, 2.05) is 38.3 Å². The summed E-state index contributed by atoms with van der Waals surface area (Å²) in [5.41, 5.74) is 7.16. The van der Waals surface area contributed by atoms with Crippen molar-refractivity contribution in [2.75, 3.05) is 5.73 Å². The van der Waals surface area contributed by atoms with Crippen LogP contribution in [0, 0.1) is 0 Å². The van der Waals surface area contributed by atoms with Crippen molar-refractivity contribution >= 4 is 11.7 Å². The Morgan fingerprint density at radius 3 is 2.76 bits per heavy atom. The first-order valence-corrected chi connectivity index (χ1v) is 6.84. The molecule has 1 unspecified atom stereocenters. The first-order valence-electron chi connectivity index (χ1n) is 6.84. The summed E-state index contributed by atoms with van der Waals surface area (Å²) < 4.78 is 1.83. The third-order valence-electron chi connectivity index (χ3n) is 3.04. The Morgan fingerprint density at radius 2 is 2.14 bits per heavy atom. The molecule has 0 aliphatic heterocycles. The highest BCUT2D eigenvalue weighted by Crippen LogP contribution is 2.23. The molecule has 112 valence electrons. The van der Waals surface area contributed by atoms with Crippen molar-refractivity contribution in [2.45, 2.75) is 39.3 Å². The number of hydrogen-bond donors (Lipinski definition) is 2. The Hall–Kier alpha value is -2.37. The fourth-order valence-corrected chi connectivity index (χ4v) is 2.04. The fraction of sp³-hybridized carbons (Fsp3) is 0.400. The molecular weight excluding hydrogens is 266 g/mol. The predicted octanol–water partition coefficient (Wildman–Crippen LogP) is 2.00. The minimum absolute atomic E-state index is 0.0521. The van der Waals surface area contributed by atoms with Crippen LogP contribution in [0.15, 0.2) is 30.9 Å². The fourth-order valence-electron chi connectivity index (χ4n) is 2.04. The summed E-state index contributed by atoms with van der Waals surface area (Å²) in [5, 5.41) is 2.97. The van der Waals surface area contributed by atoms with Crippen LogP contribution in [0.2, 0.25) is 0 Å². The van der Waals surface area contributed by atoms with Crippen molar-refractivity contribution in [2.24, 2.45) is 0 Å². The van der Waals surface area contributed by atoms with E-state index in [1.54, 1.807) is 24.8 Å². The minimum Gasteiger partial charge on any atom is -0.384 e. The zero-order valence-corrected chi connectivity index (χ0v) is 12.8. The van der Waals surface area contributed by atoms with Gasteiger partial charge in [-0.3, -0.25) is 4.79 Å². The maximum Gasteiger partial charge on any atom is 0.243 e. The van der Waals surface area contributed by atoms with Crippen molar-refractivity contribution in [1.29, 1.82) is 0 Å². The van der Waals surface area contributed by atoms with Crippen molar-refractivity contribution in [3.63, 3.8) is 0 Å². The van der Waals surface area contributed by atoms with Crippen molar-refractivity contribution in [1.82, 2.24) is 19.9 Å². The predicted molar refractivity (Wildman–Crippen MR) is 82.5 cm³/mol. The number of rotatable bonds is 3. The third kappa shape index (κ3) is 3.59. The van der Waals surface area contributed by atoms with E-state index in [-0.39, 0.29) is 17.5 Å². The monoisotopic (exact) mass is 287 g/mol. The lowest BCUT2D eigenvalue weighted by Crippen LogP contribution is -2.43. The standard InChI is InChI=1S/C15H21N5O/c1-10(14(21)19-15(2,3)4)20-9-17-8-12(20)11-5-6-18-13(16)7-11/h5-10H,1-4H3,(H2,16,18)(H,19,21). The molecule has 0 spiro atoms. The molecule has 1 amide bonds. The highest BCUT2D eigenvalue weighted by atomic mass is 16.2. The third-order valence-corrected chi connectivity index (χ3v) is 3.04. The summed E-state index contributed by atoms with van der Waals surface area (Å²) in [6, 6.07) is 3.25. The Morgan fingerprint density at radius 1 is 1.43 bits per heavy atom.